The Kier molecular flexibility index (Phi) is 5.86. The number of nitrogens with two attached hydrogens (primary N) is 1. The molecule has 1 saturated carbocycles. The van der Waals surface area contributed by atoms with Crippen molar-refractivity contribution in [2.75, 3.05) is 13.2 Å². The van der Waals surface area contributed by atoms with Crippen molar-refractivity contribution in [3.05, 3.63) is 77.3 Å². The lowest BCUT2D eigenvalue weighted by Gasteiger charge is -2.31. The summed E-state index contributed by atoms with van der Waals surface area (Å²) in [6.45, 7) is -1.37. The maximum absolute atomic E-state index is 14.3. The molecule has 2 atom stereocenters. The fraction of sp³-hybridized carbons (Fsp3) is 0.296. The normalized spacial score (nSPS) is 20.2. The number of alkyl halides is 3. The van der Waals surface area contributed by atoms with E-state index in [4.69, 9.17) is 14.9 Å². The minimum absolute atomic E-state index is 0.0401. The number of pyridine rings is 1. The molecule has 0 unspecified atom stereocenters. The molecule has 3 heterocycles. The number of carbonyl (C=O) groups is 1. The van der Waals surface area contributed by atoms with Gasteiger partial charge >= 0.3 is 6.18 Å². The van der Waals surface area contributed by atoms with Crippen LogP contribution in [0.25, 0.3) is 22.4 Å². The summed E-state index contributed by atoms with van der Waals surface area (Å²) >= 11 is 0. The second-order valence-electron chi connectivity index (χ2n) is 10.0. The minimum atomic E-state index is -4.91. The number of rotatable bonds is 6. The number of carbonyl (C=O) groups excluding carboxylic acids is 1. The highest BCUT2D eigenvalue weighted by Gasteiger charge is 2.59. The Labute approximate surface area is 223 Å². The number of halogens is 5. The average molecular weight is 560 g/mol. The molecule has 0 saturated heterocycles. The van der Waals surface area contributed by atoms with Gasteiger partial charge in [0.05, 0.1) is 12.2 Å². The van der Waals surface area contributed by atoms with Crippen LogP contribution in [-0.4, -0.2) is 40.3 Å². The van der Waals surface area contributed by atoms with E-state index < -0.39 is 59.5 Å². The molecular weight excluding hydrogens is 539 g/mol. The van der Waals surface area contributed by atoms with Gasteiger partial charge in [-0.05, 0) is 61.2 Å². The first-order chi connectivity index (χ1) is 18.9. The highest BCUT2D eigenvalue weighted by molar-refractivity contribution is 5.97. The summed E-state index contributed by atoms with van der Waals surface area (Å²) in [5, 5.41) is 14.4. The molecule has 4 N–H and O–H groups in total. The van der Waals surface area contributed by atoms with E-state index in [0.717, 1.165) is 30.7 Å². The minimum Gasteiger partial charge on any atom is -0.488 e. The van der Waals surface area contributed by atoms with Crippen molar-refractivity contribution in [2.24, 2.45) is 11.7 Å². The molecule has 1 fully saturated rings. The van der Waals surface area contributed by atoms with Crippen molar-refractivity contribution in [3.8, 4) is 17.0 Å². The number of benzene rings is 2. The first-order valence-corrected chi connectivity index (χ1v) is 12.2. The lowest BCUT2D eigenvalue weighted by atomic mass is 9.86. The van der Waals surface area contributed by atoms with Crippen LogP contribution >= 0.6 is 0 Å². The lowest BCUT2D eigenvalue weighted by molar-refractivity contribution is -0.191. The average Bonchev–Trinajstić information content (AvgIpc) is 3.57. The third kappa shape index (κ3) is 4.16. The van der Waals surface area contributed by atoms with Gasteiger partial charge < -0.3 is 25.3 Å². The fourth-order valence-corrected chi connectivity index (χ4v) is 4.91. The van der Waals surface area contributed by atoms with E-state index >= 15 is 0 Å². The van der Waals surface area contributed by atoms with E-state index in [2.05, 4.69) is 15.3 Å². The Bertz CT molecular complexity index is 1640. The molecule has 2 aliphatic rings. The number of aromatic nitrogens is 2. The van der Waals surface area contributed by atoms with Gasteiger partial charge in [0.25, 0.3) is 5.91 Å². The molecule has 1 aliphatic carbocycles. The molecule has 8 nitrogen and oxygen atoms in total. The number of ether oxygens (including phenoxy) is 1. The molecule has 2 aromatic carbocycles. The van der Waals surface area contributed by atoms with Crippen molar-refractivity contribution in [1.29, 1.82) is 0 Å². The number of aliphatic hydroxyl groups is 1. The standard InChI is InChI=1S/C27H21F5N4O4/c28-16-5-1-13(2-6-16)21-23-17(26(33,11-39-23)27(30,31)32)9-20(36-21)25(38,15-3-4-15)10-34-24(37)14-7-18(29)22-19(8-14)40-12-35-22/h1-2,5-9,12,15,38H,3-4,10-11,33H2,(H,34,37)/t25-,26+/m1/s1. The van der Waals surface area contributed by atoms with Gasteiger partial charge in [-0.1, -0.05) is 0 Å². The van der Waals surface area contributed by atoms with Crippen molar-refractivity contribution < 1.29 is 41.0 Å². The Balaban J connectivity index is 1.41. The highest BCUT2D eigenvalue weighted by atomic mass is 19.4. The molecule has 13 heteroatoms. The smallest absolute Gasteiger partial charge is 0.414 e. The van der Waals surface area contributed by atoms with Crippen LogP contribution in [0.2, 0.25) is 0 Å². The lowest BCUT2D eigenvalue weighted by Crippen LogP contribution is -2.52. The van der Waals surface area contributed by atoms with Gasteiger partial charge in [-0.15, -0.1) is 0 Å². The molecule has 4 aromatic rings. The molecule has 0 radical (unpaired) electrons. The van der Waals surface area contributed by atoms with E-state index in [9.17, 15) is 31.9 Å². The van der Waals surface area contributed by atoms with Gasteiger partial charge in [-0.2, -0.15) is 13.2 Å². The van der Waals surface area contributed by atoms with Crippen LogP contribution in [0.4, 0.5) is 22.0 Å². The summed E-state index contributed by atoms with van der Waals surface area (Å²) in [7, 11) is 0. The molecule has 1 aliphatic heterocycles. The number of nitrogens with one attached hydrogen (secondary N) is 1. The predicted molar refractivity (Wildman–Crippen MR) is 130 cm³/mol. The zero-order valence-electron chi connectivity index (χ0n) is 20.6. The fourth-order valence-electron chi connectivity index (χ4n) is 4.91. The second kappa shape index (κ2) is 8.96. The van der Waals surface area contributed by atoms with Gasteiger partial charge in [-0.25, -0.2) is 18.7 Å². The Morgan fingerprint density at radius 1 is 1.15 bits per heavy atom. The number of hydrogen-bond donors (Lipinski definition) is 3. The molecular formula is C27H21F5N4O4. The Morgan fingerprint density at radius 2 is 1.88 bits per heavy atom. The van der Waals surface area contributed by atoms with Gasteiger partial charge in [0.2, 0.25) is 0 Å². The van der Waals surface area contributed by atoms with E-state index in [1.54, 1.807) is 0 Å². The SMILES string of the molecule is N[C@@]1(C(F)(F)F)COc2c1cc([C@@](O)(CNC(=O)c1cc(F)c3ncoc3c1)C1CC1)nc2-c1ccc(F)cc1. The van der Waals surface area contributed by atoms with Gasteiger partial charge in [-0.3, -0.25) is 4.79 Å². The van der Waals surface area contributed by atoms with Crippen LogP contribution in [0, 0.1) is 17.6 Å². The first kappa shape index (κ1) is 26.1. The van der Waals surface area contributed by atoms with Crippen molar-refractivity contribution >= 4 is 17.0 Å². The number of hydrogen-bond acceptors (Lipinski definition) is 7. The topological polar surface area (TPSA) is 124 Å². The van der Waals surface area contributed by atoms with Gasteiger partial charge in [0, 0.05) is 16.7 Å². The monoisotopic (exact) mass is 560 g/mol. The maximum Gasteiger partial charge on any atom is 0.414 e. The summed E-state index contributed by atoms with van der Waals surface area (Å²) in [5.41, 5.74) is 0.464. The number of fused-ring (bicyclic) bond motifs is 2. The number of nitrogens with zero attached hydrogens (tertiary/aromatic N) is 2. The van der Waals surface area contributed by atoms with Crippen LogP contribution in [0.15, 0.2) is 53.3 Å². The molecule has 6 rings (SSSR count). The van der Waals surface area contributed by atoms with Crippen LogP contribution < -0.4 is 15.8 Å². The highest BCUT2D eigenvalue weighted by Crippen LogP contribution is 2.52. The van der Waals surface area contributed by atoms with Crippen molar-refractivity contribution in [3.63, 3.8) is 0 Å². The molecule has 208 valence electrons. The van der Waals surface area contributed by atoms with Crippen LogP contribution in [-0.2, 0) is 11.1 Å². The molecule has 40 heavy (non-hydrogen) atoms. The third-order valence-electron chi connectivity index (χ3n) is 7.39. The maximum atomic E-state index is 14.3. The molecule has 0 bridgehead atoms. The summed E-state index contributed by atoms with van der Waals surface area (Å²) in [6.07, 6.45) is -2.85. The van der Waals surface area contributed by atoms with E-state index in [1.165, 1.54) is 18.2 Å². The Morgan fingerprint density at radius 3 is 2.55 bits per heavy atom. The van der Waals surface area contributed by atoms with E-state index in [1.807, 2.05) is 0 Å². The summed E-state index contributed by atoms with van der Waals surface area (Å²) < 4.78 is 80.8. The third-order valence-corrected chi connectivity index (χ3v) is 7.39. The summed E-state index contributed by atoms with van der Waals surface area (Å²) in [5.74, 6) is -2.80. The van der Waals surface area contributed by atoms with Gasteiger partial charge in [0.15, 0.2) is 29.1 Å². The van der Waals surface area contributed by atoms with Crippen LogP contribution in [0.3, 0.4) is 0 Å². The number of oxazole rings is 1. The predicted octanol–water partition coefficient (Wildman–Crippen LogP) is 4.30. The van der Waals surface area contributed by atoms with Crippen molar-refractivity contribution in [1.82, 2.24) is 15.3 Å². The van der Waals surface area contributed by atoms with Crippen molar-refractivity contribution in [2.45, 2.75) is 30.2 Å². The Hall–Kier alpha value is -4.10. The van der Waals surface area contributed by atoms with Gasteiger partial charge in [0.1, 0.15) is 29.2 Å². The van der Waals surface area contributed by atoms with E-state index in [0.29, 0.717) is 12.8 Å². The second-order valence-corrected chi connectivity index (χ2v) is 10.0. The summed E-state index contributed by atoms with van der Waals surface area (Å²) in [6, 6.07) is 8.15. The summed E-state index contributed by atoms with van der Waals surface area (Å²) in [4.78, 5) is 21.1. The number of amides is 1. The quantitative estimate of drug-likeness (QED) is 0.301. The van der Waals surface area contributed by atoms with Crippen LogP contribution in [0.1, 0.15) is 34.5 Å². The largest absolute Gasteiger partial charge is 0.488 e. The first-order valence-electron chi connectivity index (χ1n) is 12.2. The molecule has 1 amide bonds. The van der Waals surface area contributed by atoms with Crippen LogP contribution in [0.5, 0.6) is 5.75 Å². The van der Waals surface area contributed by atoms with E-state index in [-0.39, 0.29) is 39.4 Å². The zero-order chi connectivity index (χ0) is 28.4. The zero-order valence-corrected chi connectivity index (χ0v) is 20.6. The molecule has 2 aromatic heterocycles. The molecule has 0 spiro atoms.